The van der Waals surface area contributed by atoms with Gasteiger partial charge in [0.2, 0.25) is 5.91 Å². The maximum absolute atomic E-state index is 11.3. The van der Waals surface area contributed by atoms with Crippen molar-refractivity contribution in [3.8, 4) is 0 Å². The standard InChI is InChI=1S/C10H21NO/c1-5-11(4)10(12)8-6-7-9(2)3/h9H,5-8H2,1-4H3. The van der Waals surface area contributed by atoms with Crippen LogP contribution in [0.2, 0.25) is 0 Å². The fraction of sp³-hybridized carbons (Fsp3) is 0.900. The molecule has 0 aromatic carbocycles. The molecule has 0 aromatic rings. The van der Waals surface area contributed by atoms with Crippen LogP contribution in [-0.2, 0) is 4.79 Å². The van der Waals surface area contributed by atoms with Crippen LogP contribution in [0.4, 0.5) is 0 Å². The molecule has 0 radical (unpaired) electrons. The van der Waals surface area contributed by atoms with E-state index in [1.165, 1.54) is 0 Å². The molecule has 2 nitrogen and oxygen atoms in total. The lowest BCUT2D eigenvalue weighted by Crippen LogP contribution is -2.25. The van der Waals surface area contributed by atoms with Crippen molar-refractivity contribution in [2.45, 2.75) is 40.0 Å². The van der Waals surface area contributed by atoms with Crippen LogP contribution in [0.25, 0.3) is 0 Å². The van der Waals surface area contributed by atoms with Gasteiger partial charge < -0.3 is 4.90 Å². The molecule has 0 bridgehead atoms. The summed E-state index contributed by atoms with van der Waals surface area (Å²) in [5.74, 6) is 0.989. The highest BCUT2D eigenvalue weighted by atomic mass is 16.2. The van der Waals surface area contributed by atoms with Crippen molar-refractivity contribution in [1.82, 2.24) is 4.90 Å². The molecule has 72 valence electrons. The molecule has 1 amide bonds. The van der Waals surface area contributed by atoms with Crippen LogP contribution in [-0.4, -0.2) is 24.4 Å². The fourth-order valence-corrected chi connectivity index (χ4v) is 1.03. The van der Waals surface area contributed by atoms with E-state index in [1.54, 1.807) is 4.90 Å². The third-order valence-electron chi connectivity index (χ3n) is 2.07. The lowest BCUT2D eigenvalue weighted by molar-refractivity contribution is -0.129. The second kappa shape index (κ2) is 6.04. The van der Waals surface area contributed by atoms with Gasteiger partial charge in [-0.15, -0.1) is 0 Å². The number of hydrogen-bond acceptors (Lipinski definition) is 1. The minimum atomic E-state index is 0.276. The van der Waals surface area contributed by atoms with Gasteiger partial charge in [-0.2, -0.15) is 0 Å². The molecular weight excluding hydrogens is 150 g/mol. The number of amides is 1. The zero-order valence-electron chi connectivity index (χ0n) is 8.76. The third-order valence-corrected chi connectivity index (χ3v) is 2.07. The molecule has 0 aromatic heterocycles. The van der Waals surface area contributed by atoms with E-state index in [1.807, 2.05) is 14.0 Å². The summed E-state index contributed by atoms with van der Waals surface area (Å²) in [5.41, 5.74) is 0. The average molecular weight is 171 g/mol. The molecule has 0 saturated heterocycles. The number of hydrogen-bond donors (Lipinski definition) is 0. The van der Waals surface area contributed by atoms with Gasteiger partial charge in [0.1, 0.15) is 0 Å². The number of rotatable bonds is 5. The highest BCUT2D eigenvalue weighted by molar-refractivity contribution is 5.75. The predicted molar refractivity (Wildman–Crippen MR) is 52.0 cm³/mol. The van der Waals surface area contributed by atoms with Crippen molar-refractivity contribution in [3.63, 3.8) is 0 Å². The molecule has 0 aliphatic carbocycles. The Kier molecular flexibility index (Phi) is 5.77. The highest BCUT2D eigenvalue weighted by Crippen LogP contribution is 2.07. The third kappa shape index (κ3) is 5.16. The smallest absolute Gasteiger partial charge is 0.222 e. The maximum Gasteiger partial charge on any atom is 0.222 e. The molecule has 0 unspecified atom stereocenters. The molecule has 0 saturated carbocycles. The Morgan fingerprint density at radius 1 is 1.42 bits per heavy atom. The van der Waals surface area contributed by atoms with Crippen LogP contribution < -0.4 is 0 Å². The first-order valence-corrected chi connectivity index (χ1v) is 4.81. The first kappa shape index (κ1) is 11.5. The molecule has 2 heteroatoms. The summed E-state index contributed by atoms with van der Waals surface area (Å²) in [6.45, 7) is 7.20. The quantitative estimate of drug-likeness (QED) is 0.621. The molecular formula is C10H21NO. The van der Waals surface area contributed by atoms with Crippen molar-refractivity contribution < 1.29 is 4.79 Å². The first-order valence-electron chi connectivity index (χ1n) is 4.81. The number of carbonyl (C=O) groups excluding carboxylic acids is 1. The Labute approximate surface area is 75.9 Å². The summed E-state index contributed by atoms with van der Waals surface area (Å²) in [6, 6.07) is 0. The molecule has 0 N–H and O–H groups in total. The molecule has 0 fully saturated rings. The summed E-state index contributed by atoms with van der Waals surface area (Å²) in [4.78, 5) is 13.1. The van der Waals surface area contributed by atoms with Crippen molar-refractivity contribution in [2.24, 2.45) is 5.92 Å². The number of nitrogens with zero attached hydrogens (tertiary/aromatic N) is 1. The monoisotopic (exact) mass is 171 g/mol. The van der Waals surface area contributed by atoms with Gasteiger partial charge in [-0.25, -0.2) is 0 Å². The van der Waals surface area contributed by atoms with Crippen molar-refractivity contribution >= 4 is 5.91 Å². The summed E-state index contributed by atoms with van der Waals surface area (Å²) in [7, 11) is 1.86. The van der Waals surface area contributed by atoms with Crippen molar-refractivity contribution in [3.05, 3.63) is 0 Å². The number of carbonyl (C=O) groups is 1. The van der Waals surface area contributed by atoms with Crippen LogP contribution >= 0.6 is 0 Å². The average Bonchev–Trinajstić information content (AvgIpc) is 2.02. The van der Waals surface area contributed by atoms with Gasteiger partial charge >= 0.3 is 0 Å². The molecule has 0 atom stereocenters. The van der Waals surface area contributed by atoms with E-state index in [0.29, 0.717) is 12.3 Å². The molecule has 0 aliphatic rings. The van der Waals surface area contributed by atoms with E-state index in [9.17, 15) is 4.79 Å². The lowest BCUT2D eigenvalue weighted by Gasteiger charge is -2.14. The van der Waals surface area contributed by atoms with E-state index in [2.05, 4.69) is 13.8 Å². The second-order valence-electron chi connectivity index (χ2n) is 3.69. The van der Waals surface area contributed by atoms with Crippen LogP contribution in [0.5, 0.6) is 0 Å². The Morgan fingerprint density at radius 3 is 2.42 bits per heavy atom. The topological polar surface area (TPSA) is 20.3 Å². The summed E-state index contributed by atoms with van der Waals surface area (Å²) in [6.07, 6.45) is 2.90. The van der Waals surface area contributed by atoms with Gasteiger partial charge in [-0.05, 0) is 19.3 Å². The Balaban J connectivity index is 3.44. The molecule has 0 rings (SSSR count). The van der Waals surface area contributed by atoms with E-state index >= 15 is 0 Å². The minimum absolute atomic E-state index is 0.276. The van der Waals surface area contributed by atoms with Gasteiger partial charge in [0.05, 0.1) is 0 Å². The van der Waals surface area contributed by atoms with E-state index < -0.39 is 0 Å². The lowest BCUT2D eigenvalue weighted by atomic mass is 10.1. The highest BCUT2D eigenvalue weighted by Gasteiger charge is 2.05. The largest absolute Gasteiger partial charge is 0.346 e. The van der Waals surface area contributed by atoms with E-state index in [-0.39, 0.29) is 5.91 Å². The zero-order valence-corrected chi connectivity index (χ0v) is 8.76. The van der Waals surface area contributed by atoms with E-state index in [4.69, 9.17) is 0 Å². The predicted octanol–water partition coefficient (Wildman–Crippen LogP) is 2.29. The summed E-state index contributed by atoms with van der Waals surface area (Å²) < 4.78 is 0. The van der Waals surface area contributed by atoms with Gasteiger partial charge in [-0.3, -0.25) is 4.79 Å². The van der Waals surface area contributed by atoms with Crippen molar-refractivity contribution in [1.29, 1.82) is 0 Å². The van der Waals surface area contributed by atoms with Crippen LogP contribution in [0, 0.1) is 5.92 Å². The Hall–Kier alpha value is -0.530. The zero-order chi connectivity index (χ0) is 9.56. The Morgan fingerprint density at radius 2 is 2.00 bits per heavy atom. The SMILES string of the molecule is CCN(C)C(=O)CCCC(C)C. The van der Waals surface area contributed by atoms with Gasteiger partial charge in [0.15, 0.2) is 0 Å². The summed E-state index contributed by atoms with van der Waals surface area (Å²) >= 11 is 0. The molecule has 12 heavy (non-hydrogen) atoms. The second-order valence-corrected chi connectivity index (χ2v) is 3.69. The molecule has 0 heterocycles. The van der Waals surface area contributed by atoms with E-state index in [0.717, 1.165) is 19.4 Å². The molecule has 0 spiro atoms. The summed E-state index contributed by atoms with van der Waals surface area (Å²) in [5, 5.41) is 0. The van der Waals surface area contributed by atoms with Gasteiger partial charge in [0.25, 0.3) is 0 Å². The molecule has 0 aliphatic heterocycles. The van der Waals surface area contributed by atoms with Crippen LogP contribution in [0.15, 0.2) is 0 Å². The van der Waals surface area contributed by atoms with Gasteiger partial charge in [-0.1, -0.05) is 20.3 Å². The Bertz CT molecular complexity index is 132. The first-order chi connectivity index (χ1) is 5.57. The normalized spacial score (nSPS) is 10.4. The van der Waals surface area contributed by atoms with Crippen LogP contribution in [0.3, 0.4) is 0 Å². The maximum atomic E-state index is 11.3. The van der Waals surface area contributed by atoms with Gasteiger partial charge in [0, 0.05) is 20.0 Å². The minimum Gasteiger partial charge on any atom is -0.346 e. The van der Waals surface area contributed by atoms with Crippen LogP contribution in [0.1, 0.15) is 40.0 Å². The fourth-order valence-electron chi connectivity index (χ4n) is 1.03. The van der Waals surface area contributed by atoms with Crippen molar-refractivity contribution in [2.75, 3.05) is 13.6 Å².